The second-order valence-corrected chi connectivity index (χ2v) is 7.56. The highest BCUT2D eigenvalue weighted by atomic mass is 35.5. The van der Waals surface area contributed by atoms with E-state index in [0.717, 1.165) is 16.3 Å². The second-order valence-electron chi connectivity index (χ2n) is 7.15. The van der Waals surface area contributed by atoms with Gasteiger partial charge < -0.3 is 15.1 Å². The van der Waals surface area contributed by atoms with Crippen molar-refractivity contribution in [2.75, 3.05) is 26.5 Å². The molecule has 30 heavy (non-hydrogen) atoms. The van der Waals surface area contributed by atoms with Crippen LogP contribution in [0.5, 0.6) is 0 Å². The number of nitrogens with one attached hydrogen (secondary N) is 1. The maximum atomic E-state index is 13.3. The van der Waals surface area contributed by atoms with Crippen LogP contribution in [-0.4, -0.2) is 47.9 Å². The van der Waals surface area contributed by atoms with Gasteiger partial charge in [-0.3, -0.25) is 9.78 Å². The Morgan fingerprint density at radius 3 is 2.40 bits per heavy atom. The summed E-state index contributed by atoms with van der Waals surface area (Å²) in [6.07, 6.45) is 1.63. The van der Waals surface area contributed by atoms with Crippen LogP contribution >= 0.6 is 11.6 Å². The summed E-state index contributed by atoms with van der Waals surface area (Å²) in [5, 5.41) is 4.20. The number of carbonyl (C=O) groups is 2. The lowest BCUT2D eigenvalue weighted by molar-refractivity contribution is 0.0824. The molecule has 0 fully saturated rings. The van der Waals surface area contributed by atoms with Crippen molar-refractivity contribution < 1.29 is 14.0 Å². The monoisotopic (exact) mass is 428 g/mol. The van der Waals surface area contributed by atoms with Gasteiger partial charge in [-0.25, -0.2) is 9.18 Å². The Bertz CT molecular complexity index is 1120. The van der Waals surface area contributed by atoms with Gasteiger partial charge in [0, 0.05) is 44.0 Å². The number of hydrogen-bond donors (Lipinski definition) is 1. The number of pyridine rings is 1. The Morgan fingerprint density at radius 2 is 1.77 bits per heavy atom. The summed E-state index contributed by atoms with van der Waals surface area (Å²) in [6.45, 7) is 1.87. The van der Waals surface area contributed by atoms with Crippen LogP contribution in [-0.2, 0) is 0 Å². The van der Waals surface area contributed by atoms with E-state index in [0.29, 0.717) is 11.4 Å². The Morgan fingerprint density at radius 1 is 1.10 bits per heavy atom. The molecule has 3 aromatic rings. The minimum absolute atomic E-state index is 0.0696. The molecular weight excluding hydrogens is 407 g/mol. The largest absolute Gasteiger partial charge is 0.343 e. The number of nitrogens with zero attached hydrogens (tertiary/aromatic N) is 3. The zero-order valence-electron chi connectivity index (χ0n) is 17.1. The molecule has 1 aromatic heterocycles. The van der Waals surface area contributed by atoms with E-state index in [-0.39, 0.29) is 23.0 Å². The fraction of sp³-hybridized carbons (Fsp3) is 0.227. The van der Waals surface area contributed by atoms with Gasteiger partial charge in [0.05, 0.1) is 11.1 Å². The number of halogens is 2. The molecule has 6 nitrogen and oxygen atoms in total. The smallest absolute Gasteiger partial charge is 0.322 e. The molecule has 0 spiro atoms. The quantitative estimate of drug-likeness (QED) is 0.639. The number of carbonyl (C=O) groups excluding carboxylic acids is 2. The van der Waals surface area contributed by atoms with Crippen molar-refractivity contribution in [2.24, 2.45) is 0 Å². The average Bonchev–Trinajstić information content (AvgIpc) is 2.73. The van der Waals surface area contributed by atoms with E-state index in [4.69, 9.17) is 11.6 Å². The molecule has 0 unspecified atom stereocenters. The molecule has 0 saturated heterocycles. The van der Waals surface area contributed by atoms with Crippen LogP contribution in [0, 0.1) is 5.82 Å². The molecule has 0 aliphatic rings. The highest BCUT2D eigenvalue weighted by Gasteiger charge is 2.22. The summed E-state index contributed by atoms with van der Waals surface area (Å²) in [5.41, 5.74) is 1.55. The van der Waals surface area contributed by atoms with Crippen molar-refractivity contribution in [2.45, 2.75) is 13.0 Å². The SMILES string of the molecule is C[C@H](c1cnc(C(=O)N(C)C)c2ccccc12)N(C)C(=O)Nc1ccc(F)c(Cl)c1. The van der Waals surface area contributed by atoms with Crippen molar-refractivity contribution in [3.05, 3.63) is 70.8 Å². The van der Waals surface area contributed by atoms with E-state index in [1.807, 2.05) is 31.2 Å². The molecule has 0 radical (unpaired) electrons. The molecule has 1 N–H and O–H groups in total. The average molecular weight is 429 g/mol. The molecule has 8 heteroatoms. The van der Waals surface area contributed by atoms with Gasteiger partial charge in [0.15, 0.2) is 0 Å². The van der Waals surface area contributed by atoms with Crippen LogP contribution in [0.25, 0.3) is 10.8 Å². The molecule has 0 aliphatic carbocycles. The number of urea groups is 1. The highest BCUT2D eigenvalue weighted by molar-refractivity contribution is 6.31. The maximum absolute atomic E-state index is 13.3. The third-order valence-electron chi connectivity index (χ3n) is 4.96. The van der Waals surface area contributed by atoms with E-state index >= 15 is 0 Å². The van der Waals surface area contributed by atoms with Crippen molar-refractivity contribution in [1.82, 2.24) is 14.8 Å². The van der Waals surface area contributed by atoms with E-state index in [2.05, 4.69) is 10.3 Å². The predicted molar refractivity (Wildman–Crippen MR) is 116 cm³/mol. The van der Waals surface area contributed by atoms with Gasteiger partial charge in [0.2, 0.25) is 0 Å². The summed E-state index contributed by atoms with van der Waals surface area (Å²) < 4.78 is 13.3. The summed E-state index contributed by atoms with van der Waals surface area (Å²) >= 11 is 5.78. The van der Waals surface area contributed by atoms with Gasteiger partial charge in [-0.05, 0) is 30.5 Å². The first-order valence-corrected chi connectivity index (χ1v) is 9.66. The minimum atomic E-state index is -0.554. The molecule has 0 saturated carbocycles. The van der Waals surface area contributed by atoms with Crippen LogP contribution in [0.1, 0.15) is 29.0 Å². The molecule has 2 aromatic carbocycles. The summed E-state index contributed by atoms with van der Waals surface area (Å²) in [4.78, 5) is 32.6. The molecule has 156 valence electrons. The van der Waals surface area contributed by atoms with Gasteiger partial charge in [-0.15, -0.1) is 0 Å². The minimum Gasteiger partial charge on any atom is -0.343 e. The number of rotatable bonds is 4. The van der Waals surface area contributed by atoms with Gasteiger partial charge in [-0.2, -0.15) is 0 Å². The summed E-state index contributed by atoms with van der Waals surface area (Å²) in [6, 6.07) is 10.7. The van der Waals surface area contributed by atoms with Crippen molar-refractivity contribution in [3.63, 3.8) is 0 Å². The summed E-state index contributed by atoms with van der Waals surface area (Å²) in [5.74, 6) is -0.744. The van der Waals surface area contributed by atoms with Crippen LogP contribution in [0.3, 0.4) is 0 Å². The molecule has 1 heterocycles. The number of anilines is 1. The second kappa shape index (κ2) is 8.67. The first-order valence-electron chi connectivity index (χ1n) is 9.29. The molecule has 3 rings (SSSR count). The van der Waals surface area contributed by atoms with Crippen LogP contribution in [0.15, 0.2) is 48.7 Å². The number of fused-ring (bicyclic) bond motifs is 1. The van der Waals surface area contributed by atoms with E-state index in [1.165, 1.54) is 28.0 Å². The lowest BCUT2D eigenvalue weighted by Crippen LogP contribution is -2.34. The molecule has 3 amide bonds. The van der Waals surface area contributed by atoms with Crippen molar-refractivity contribution in [3.8, 4) is 0 Å². The lowest BCUT2D eigenvalue weighted by Gasteiger charge is -2.27. The highest BCUT2D eigenvalue weighted by Crippen LogP contribution is 2.29. The third kappa shape index (κ3) is 4.21. The van der Waals surface area contributed by atoms with Crippen LogP contribution in [0.4, 0.5) is 14.9 Å². The normalized spacial score (nSPS) is 11.8. The number of amides is 3. The van der Waals surface area contributed by atoms with Crippen molar-refractivity contribution >= 4 is 40.0 Å². The molecule has 0 bridgehead atoms. The van der Waals surface area contributed by atoms with E-state index < -0.39 is 5.82 Å². The Labute approximate surface area is 179 Å². The zero-order valence-corrected chi connectivity index (χ0v) is 17.9. The topological polar surface area (TPSA) is 65.5 Å². The summed E-state index contributed by atoms with van der Waals surface area (Å²) in [7, 11) is 5.00. The van der Waals surface area contributed by atoms with Gasteiger partial charge in [-0.1, -0.05) is 35.9 Å². The fourth-order valence-corrected chi connectivity index (χ4v) is 3.28. The first-order chi connectivity index (χ1) is 14.2. The molecular formula is C22H22ClFN4O2. The zero-order chi connectivity index (χ0) is 22.0. The van der Waals surface area contributed by atoms with E-state index in [9.17, 15) is 14.0 Å². The number of hydrogen-bond acceptors (Lipinski definition) is 3. The van der Waals surface area contributed by atoms with Gasteiger partial charge in [0.25, 0.3) is 5.91 Å². The lowest BCUT2D eigenvalue weighted by atomic mass is 9.99. The van der Waals surface area contributed by atoms with Crippen molar-refractivity contribution in [1.29, 1.82) is 0 Å². The molecule has 0 aliphatic heterocycles. The van der Waals surface area contributed by atoms with Crippen LogP contribution in [0.2, 0.25) is 5.02 Å². The van der Waals surface area contributed by atoms with Gasteiger partial charge in [0.1, 0.15) is 11.5 Å². The fourth-order valence-electron chi connectivity index (χ4n) is 3.10. The Kier molecular flexibility index (Phi) is 6.22. The Hall–Kier alpha value is -3.19. The standard InChI is InChI=1S/C22H22ClFN4O2/c1-13(28(4)22(30)26-14-9-10-19(24)18(23)11-14)17-12-25-20(21(29)27(2)3)16-8-6-5-7-15(16)17/h5-13H,1-4H3,(H,26,30)/t13-/m1/s1. The third-order valence-corrected chi connectivity index (χ3v) is 5.25. The predicted octanol–water partition coefficient (Wildman–Crippen LogP) is 4.95. The van der Waals surface area contributed by atoms with Gasteiger partial charge >= 0.3 is 6.03 Å². The number of benzene rings is 2. The number of aromatic nitrogens is 1. The Balaban J connectivity index is 1.91. The van der Waals surface area contributed by atoms with Crippen LogP contribution < -0.4 is 5.32 Å². The van der Waals surface area contributed by atoms with E-state index in [1.54, 1.807) is 27.3 Å². The maximum Gasteiger partial charge on any atom is 0.322 e. The first kappa shape index (κ1) is 21.5. The molecule has 1 atom stereocenters.